The number of hydrogen-bond donors (Lipinski definition) is 0. The summed E-state index contributed by atoms with van der Waals surface area (Å²) in [7, 11) is 0. The maximum atomic E-state index is 11.5. The second-order valence-electron chi connectivity index (χ2n) is 5.08. The van der Waals surface area contributed by atoms with Gasteiger partial charge < -0.3 is 9.80 Å². The van der Waals surface area contributed by atoms with Crippen LogP contribution < -0.4 is 4.90 Å². The van der Waals surface area contributed by atoms with Crippen LogP contribution in [0.25, 0.3) is 0 Å². The van der Waals surface area contributed by atoms with Gasteiger partial charge in [-0.2, -0.15) is 0 Å². The highest BCUT2D eigenvalue weighted by Gasteiger charge is 2.20. The van der Waals surface area contributed by atoms with Gasteiger partial charge in [-0.05, 0) is 13.3 Å². The van der Waals surface area contributed by atoms with E-state index < -0.39 is 0 Å². The topological polar surface area (TPSA) is 49.3 Å². The van der Waals surface area contributed by atoms with Crippen molar-refractivity contribution in [2.75, 3.05) is 31.1 Å². The molecule has 0 saturated carbocycles. The maximum Gasteiger partial charge on any atom is 0.219 e. The number of amides is 1. The first kappa shape index (κ1) is 15.0. The van der Waals surface area contributed by atoms with Crippen molar-refractivity contribution in [3.05, 3.63) is 16.5 Å². The van der Waals surface area contributed by atoms with Gasteiger partial charge in [0.25, 0.3) is 0 Å². The molecule has 1 saturated heterocycles. The molecule has 1 aromatic heterocycles. The average molecular weight is 297 g/mol. The number of aromatic nitrogens is 2. The van der Waals surface area contributed by atoms with Crippen molar-refractivity contribution >= 4 is 23.3 Å². The van der Waals surface area contributed by atoms with Gasteiger partial charge in [0.05, 0.1) is 0 Å². The molecule has 1 fully saturated rings. The van der Waals surface area contributed by atoms with E-state index in [-0.39, 0.29) is 5.91 Å². The van der Waals surface area contributed by atoms with Crippen LogP contribution in [-0.2, 0) is 11.2 Å². The smallest absolute Gasteiger partial charge is 0.219 e. The summed E-state index contributed by atoms with van der Waals surface area (Å²) in [6.07, 6.45) is 1.71. The summed E-state index contributed by atoms with van der Waals surface area (Å²) in [5.41, 5.74) is 0.917. The molecule has 0 spiro atoms. The van der Waals surface area contributed by atoms with Crippen molar-refractivity contribution in [2.45, 2.75) is 33.6 Å². The van der Waals surface area contributed by atoms with Crippen molar-refractivity contribution in [3.8, 4) is 0 Å². The number of halogens is 1. The third-order valence-electron chi connectivity index (χ3n) is 3.66. The fraction of sp³-hybridized carbons (Fsp3) is 0.643. The number of rotatable bonds is 2. The summed E-state index contributed by atoms with van der Waals surface area (Å²) in [4.78, 5) is 24.5. The lowest BCUT2D eigenvalue weighted by molar-refractivity contribution is -0.128. The predicted molar refractivity (Wildman–Crippen MR) is 80.2 cm³/mol. The Balaban J connectivity index is 2.23. The molecule has 1 aliphatic rings. The van der Waals surface area contributed by atoms with Crippen LogP contribution in [0.4, 0.5) is 5.82 Å². The minimum atomic E-state index is 0.138. The zero-order valence-electron chi connectivity index (χ0n) is 12.3. The first-order valence-electron chi connectivity index (χ1n) is 7.06. The summed E-state index contributed by atoms with van der Waals surface area (Å²) in [6.45, 7) is 8.81. The Hall–Kier alpha value is -1.36. The Bertz CT molecular complexity index is 506. The van der Waals surface area contributed by atoms with Gasteiger partial charge in [0.15, 0.2) is 0 Å². The van der Waals surface area contributed by atoms with Crippen molar-refractivity contribution in [1.29, 1.82) is 0 Å². The second-order valence-corrected chi connectivity index (χ2v) is 5.44. The second kappa shape index (κ2) is 6.39. The lowest BCUT2D eigenvalue weighted by atomic mass is 10.3. The molecular formula is C14H21ClN4O. The highest BCUT2D eigenvalue weighted by atomic mass is 35.5. The predicted octanol–water partition coefficient (Wildman–Crippen LogP) is 2.06. The lowest BCUT2D eigenvalue weighted by Gasteiger charge is -2.24. The first-order valence-corrected chi connectivity index (χ1v) is 7.44. The molecule has 20 heavy (non-hydrogen) atoms. The minimum Gasteiger partial charge on any atom is -0.354 e. The maximum absolute atomic E-state index is 11.5. The molecule has 0 unspecified atom stereocenters. The van der Waals surface area contributed by atoms with E-state index in [4.69, 9.17) is 11.6 Å². The summed E-state index contributed by atoms with van der Waals surface area (Å²) in [6, 6.07) is 0. The summed E-state index contributed by atoms with van der Waals surface area (Å²) in [5.74, 6) is 1.81. The Morgan fingerprint density at radius 1 is 1.25 bits per heavy atom. The zero-order chi connectivity index (χ0) is 14.7. The fourth-order valence-electron chi connectivity index (χ4n) is 2.43. The van der Waals surface area contributed by atoms with Crippen LogP contribution in [0.2, 0.25) is 5.15 Å². The summed E-state index contributed by atoms with van der Waals surface area (Å²) < 4.78 is 0. The van der Waals surface area contributed by atoms with E-state index in [9.17, 15) is 4.79 Å². The van der Waals surface area contributed by atoms with Crippen molar-refractivity contribution < 1.29 is 4.79 Å². The summed E-state index contributed by atoms with van der Waals surface area (Å²) in [5, 5.41) is 0.527. The number of aryl methyl sites for hydroxylation is 1. The molecule has 0 atom stereocenters. The van der Waals surface area contributed by atoms with E-state index in [1.54, 1.807) is 6.92 Å². The fourth-order valence-corrected chi connectivity index (χ4v) is 2.61. The van der Waals surface area contributed by atoms with Gasteiger partial charge in [-0.3, -0.25) is 4.79 Å². The molecule has 0 aliphatic carbocycles. The molecule has 0 radical (unpaired) electrons. The zero-order valence-corrected chi connectivity index (χ0v) is 13.1. The van der Waals surface area contributed by atoms with Crippen LogP contribution >= 0.6 is 11.6 Å². The van der Waals surface area contributed by atoms with Crippen LogP contribution in [0.3, 0.4) is 0 Å². The van der Waals surface area contributed by atoms with E-state index in [1.807, 2.05) is 18.7 Å². The van der Waals surface area contributed by atoms with Crippen LogP contribution in [-0.4, -0.2) is 47.0 Å². The van der Waals surface area contributed by atoms with Crippen molar-refractivity contribution in [1.82, 2.24) is 14.9 Å². The number of hydrogen-bond acceptors (Lipinski definition) is 4. The van der Waals surface area contributed by atoms with Gasteiger partial charge in [-0.15, -0.1) is 0 Å². The van der Waals surface area contributed by atoms with Crippen LogP contribution in [0.5, 0.6) is 0 Å². The quantitative estimate of drug-likeness (QED) is 0.784. The largest absolute Gasteiger partial charge is 0.354 e. The van der Waals surface area contributed by atoms with Crippen molar-refractivity contribution in [3.63, 3.8) is 0 Å². The highest BCUT2D eigenvalue weighted by Crippen LogP contribution is 2.24. The molecule has 0 aromatic carbocycles. The number of anilines is 1. The molecule has 2 heterocycles. The Morgan fingerprint density at radius 2 is 2.00 bits per heavy atom. The van der Waals surface area contributed by atoms with Gasteiger partial charge in [0.1, 0.15) is 16.8 Å². The molecular weight excluding hydrogens is 276 g/mol. The highest BCUT2D eigenvalue weighted by molar-refractivity contribution is 6.30. The summed E-state index contributed by atoms with van der Waals surface area (Å²) >= 11 is 6.19. The van der Waals surface area contributed by atoms with Gasteiger partial charge in [-0.1, -0.05) is 18.5 Å². The van der Waals surface area contributed by atoms with E-state index >= 15 is 0 Å². The molecule has 1 aromatic rings. The normalized spacial score (nSPS) is 16.2. The Labute approximate surface area is 124 Å². The van der Waals surface area contributed by atoms with E-state index in [0.29, 0.717) is 5.15 Å². The van der Waals surface area contributed by atoms with Gasteiger partial charge in [-0.25, -0.2) is 9.97 Å². The van der Waals surface area contributed by atoms with Crippen molar-refractivity contribution in [2.24, 2.45) is 0 Å². The molecule has 6 heteroatoms. The Morgan fingerprint density at radius 3 is 2.65 bits per heavy atom. The SMILES string of the molecule is CCc1nc(Cl)c(C)c(N2CCCN(C(C)=O)CC2)n1. The first-order chi connectivity index (χ1) is 9.52. The van der Waals surface area contributed by atoms with E-state index in [1.165, 1.54) is 0 Å². The third-order valence-corrected chi connectivity index (χ3v) is 4.03. The number of nitrogens with zero attached hydrogens (tertiary/aromatic N) is 4. The van der Waals surface area contributed by atoms with E-state index in [2.05, 4.69) is 14.9 Å². The molecule has 2 rings (SSSR count). The molecule has 0 N–H and O–H groups in total. The third kappa shape index (κ3) is 3.20. The Kier molecular flexibility index (Phi) is 4.81. The average Bonchev–Trinajstić information content (AvgIpc) is 2.67. The monoisotopic (exact) mass is 296 g/mol. The minimum absolute atomic E-state index is 0.138. The molecule has 1 amide bonds. The van der Waals surface area contributed by atoms with Crippen LogP contribution in [0, 0.1) is 6.92 Å². The van der Waals surface area contributed by atoms with Gasteiger partial charge in [0, 0.05) is 45.1 Å². The molecule has 5 nitrogen and oxygen atoms in total. The standard InChI is InChI=1S/C14H21ClN4O/c1-4-12-16-13(15)10(2)14(17-12)19-7-5-6-18(8-9-19)11(3)20/h4-9H2,1-3H3. The molecule has 1 aliphatic heterocycles. The lowest BCUT2D eigenvalue weighted by Crippen LogP contribution is -2.34. The molecule has 110 valence electrons. The molecule has 0 bridgehead atoms. The number of carbonyl (C=O) groups is 1. The number of carbonyl (C=O) groups excluding carboxylic acids is 1. The van der Waals surface area contributed by atoms with Crippen LogP contribution in [0.15, 0.2) is 0 Å². The van der Waals surface area contributed by atoms with Gasteiger partial charge >= 0.3 is 0 Å². The van der Waals surface area contributed by atoms with Gasteiger partial charge in [0.2, 0.25) is 5.91 Å². The van der Waals surface area contributed by atoms with Crippen LogP contribution in [0.1, 0.15) is 31.7 Å². The van der Waals surface area contributed by atoms with E-state index in [0.717, 1.165) is 56.2 Å².